The fraction of sp³-hybridized carbons (Fsp3) is 0.474. The molecule has 3 N–H and O–H groups in total. The van der Waals surface area contributed by atoms with E-state index in [2.05, 4.69) is 10.4 Å². The van der Waals surface area contributed by atoms with Crippen molar-refractivity contribution in [3.8, 4) is 0 Å². The van der Waals surface area contributed by atoms with Crippen LogP contribution in [0, 0.1) is 5.82 Å². The van der Waals surface area contributed by atoms with E-state index in [4.69, 9.17) is 16.4 Å². The van der Waals surface area contributed by atoms with Crippen molar-refractivity contribution < 1.29 is 24.2 Å². The second kappa shape index (κ2) is 8.12. The number of benzene rings is 1. The number of rotatable bonds is 4. The van der Waals surface area contributed by atoms with E-state index in [1.807, 2.05) is 6.92 Å². The van der Waals surface area contributed by atoms with E-state index in [0.717, 1.165) is 10.8 Å². The second-order valence-corrected chi connectivity index (χ2v) is 7.95. The Morgan fingerprint density at radius 1 is 1.47 bits per heavy atom. The molecule has 1 unspecified atom stereocenters. The summed E-state index contributed by atoms with van der Waals surface area (Å²) < 4.78 is 15.0. The molecule has 0 saturated carbocycles. The van der Waals surface area contributed by atoms with Crippen LogP contribution in [0.15, 0.2) is 18.2 Å². The first-order chi connectivity index (χ1) is 14.3. The van der Waals surface area contributed by atoms with Gasteiger partial charge in [0.05, 0.1) is 23.9 Å². The molecule has 3 atom stereocenters. The monoisotopic (exact) mass is 439 g/mol. The predicted molar refractivity (Wildman–Crippen MR) is 106 cm³/mol. The molecule has 30 heavy (non-hydrogen) atoms. The number of amides is 1. The van der Waals surface area contributed by atoms with Crippen molar-refractivity contribution in [3.05, 3.63) is 46.0 Å². The van der Waals surface area contributed by atoms with Gasteiger partial charge in [-0.2, -0.15) is 5.10 Å². The minimum atomic E-state index is -1.09. The molecule has 3 heterocycles. The molecule has 2 aliphatic rings. The molecule has 2 aliphatic heterocycles. The number of hydrogen-bond donors (Lipinski definition) is 3. The zero-order valence-corrected chi connectivity index (χ0v) is 17.3. The minimum absolute atomic E-state index is 0.0461. The van der Waals surface area contributed by atoms with Crippen LogP contribution in [0.4, 0.5) is 10.1 Å². The topological polar surface area (TPSA) is 103 Å². The van der Waals surface area contributed by atoms with Crippen LogP contribution in [0.2, 0.25) is 5.02 Å². The van der Waals surface area contributed by atoms with Crippen molar-refractivity contribution in [1.29, 1.82) is 0 Å². The zero-order chi connectivity index (χ0) is 21.6. The van der Waals surface area contributed by atoms with Crippen LogP contribution in [-0.4, -0.2) is 68.0 Å². The van der Waals surface area contributed by atoms with Crippen LogP contribution in [0.3, 0.4) is 0 Å². The zero-order valence-electron chi connectivity index (χ0n) is 16.5. The number of carbonyl (C=O) groups is 1. The maximum atomic E-state index is 13.4. The van der Waals surface area contributed by atoms with E-state index >= 15 is 0 Å². The second-order valence-electron chi connectivity index (χ2n) is 7.54. The summed E-state index contributed by atoms with van der Waals surface area (Å²) in [5, 5.41) is 28.8. The number of halogens is 2. The molecule has 1 aromatic carbocycles. The normalized spacial score (nSPS) is 23.0. The Kier molecular flexibility index (Phi) is 5.69. The van der Waals surface area contributed by atoms with Crippen molar-refractivity contribution in [2.75, 3.05) is 19.0 Å². The molecule has 2 aromatic rings. The molecule has 1 amide bonds. The summed E-state index contributed by atoms with van der Waals surface area (Å²) in [5.74, 6) is -0.900. The molecule has 0 spiro atoms. The molecule has 0 radical (unpaired) electrons. The number of fused-ring (bicyclic) bond motifs is 3. The highest BCUT2D eigenvalue weighted by atomic mass is 35.5. The van der Waals surface area contributed by atoms with E-state index in [1.165, 1.54) is 25.2 Å². The Morgan fingerprint density at radius 3 is 2.93 bits per heavy atom. The summed E-state index contributed by atoms with van der Waals surface area (Å²) in [7, 11) is 1.50. The van der Waals surface area contributed by atoms with E-state index in [0.29, 0.717) is 23.4 Å². The fourth-order valence-electron chi connectivity index (χ4n) is 3.87. The summed E-state index contributed by atoms with van der Waals surface area (Å²) in [6, 6.07) is 4.03. The summed E-state index contributed by atoms with van der Waals surface area (Å²) >= 11 is 5.82. The third-order valence-electron chi connectivity index (χ3n) is 5.43. The summed E-state index contributed by atoms with van der Waals surface area (Å²) in [6.45, 7) is 2.23. The molecular formula is C19H23ClFN5O4. The molecule has 11 heteroatoms. The Hall–Kier alpha value is -2.24. The van der Waals surface area contributed by atoms with Crippen LogP contribution in [0.5, 0.6) is 0 Å². The van der Waals surface area contributed by atoms with Gasteiger partial charge in [0.25, 0.3) is 5.91 Å². The molecule has 4 rings (SSSR count). The van der Waals surface area contributed by atoms with Crippen molar-refractivity contribution in [1.82, 2.24) is 19.7 Å². The molecular weight excluding hydrogens is 417 g/mol. The van der Waals surface area contributed by atoms with E-state index in [-0.39, 0.29) is 36.7 Å². The molecule has 0 bridgehead atoms. The third-order valence-corrected chi connectivity index (χ3v) is 5.72. The quantitative estimate of drug-likeness (QED) is 0.615. The number of aliphatic hydroxyl groups excluding tert-OH is 2. The highest BCUT2D eigenvalue weighted by Crippen LogP contribution is 2.30. The van der Waals surface area contributed by atoms with E-state index < -0.39 is 18.3 Å². The maximum absolute atomic E-state index is 13.4. The standard InChI is InChI=1S/C19H23ClFN5O4/c1-10-5-16-13(17-18(28)24(2)30-12(9-27)7-26(17)23-16)8-25(10)19(29)22-11-3-4-15(21)14(20)6-11/h3-4,6,10,12,19,22,27,29H,5,7-9H2,1-2H3/t10-,12-,19?/m0/s1. The summed E-state index contributed by atoms with van der Waals surface area (Å²) in [4.78, 5) is 20.1. The van der Waals surface area contributed by atoms with Crippen LogP contribution in [0.25, 0.3) is 0 Å². The Balaban J connectivity index is 1.60. The number of nitrogens with zero attached hydrogens (tertiary/aromatic N) is 4. The van der Waals surface area contributed by atoms with Crippen LogP contribution in [0.1, 0.15) is 28.7 Å². The average Bonchev–Trinajstić information content (AvgIpc) is 2.99. The van der Waals surface area contributed by atoms with Crippen molar-refractivity contribution in [2.45, 2.75) is 44.9 Å². The smallest absolute Gasteiger partial charge is 0.295 e. The number of hydroxylamine groups is 2. The lowest BCUT2D eigenvalue weighted by atomic mass is 9.99. The Labute approximate surface area is 177 Å². The van der Waals surface area contributed by atoms with Crippen LogP contribution >= 0.6 is 11.6 Å². The third kappa shape index (κ3) is 3.77. The van der Waals surface area contributed by atoms with Crippen LogP contribution in [-0.2, 0) is 24.3 Å². The summed E-state index contributed by atoms with van der Waals surface area (Å²) in [5.41, 5.74) is 2.35. The largest absolute Gasteiger partial charge is 0.393 e. The summed E-state index contributed by atoms with van der Waals surface area (Å²) in [6.07, 6.45) is -1.14. The molecule has 162 valence electrons. The van der Waals surface area contributed by atoms with Gasteiger partial charge in [-0.3, -0.25) is 19.2 Å². The minimum Gasteiger partial charge on any atom is -0.393 e. The van der Waals surface area contributed by atoms with Crippen LogP contribution < -0.4 is 5.32 Å². The van der Waals surface area contributed by atoms with Gasteiger partial charge in [-0.15, -0.1) is 0 Å². The van der Waals surface area contributed by atoms with Gasteiger partial charge < -0.3 is 15.5 Å². The van der Waals surface area contributed by atoms with E-state index in [9.17, 15) is 19.4 Å². The fourth-order valence-corrected chi connectivity index (χ4v) is 4.05. The SMILES string of the molecule is C[C@H]1Cc2nn3c(c2CN1C(O)Nc1ccc(F)c(Cl)c1)C(=O)N(C)O[C@H](CO)C3. The molecule has 1 aromatic heterocycles. The molecule has 0 saturated heterocycles. The molecule has 9 nitrogen and oxygen atoms in total. The maximum Gasteiger partial charge on any atom is 0.295 e. The van der Waals surface area contributed by atoms with Crippen molar-refractivity contribution >= 4 is 23.2 Å². The molecule has 0 aliphatic carbocycles. The Morgan fingerprint density at radius 2 is 2.23 bits per heavy atom. The van der Waals surface area contributed by atoms with Gasteiger partial charge in [-0.1, -0.05) is 11.6 Å². The van der Waals surface area contributed by atoms with Gasteiger partial charge in [0.15, 0.2) is 6.35 Å². The van der Waals surface area contributed by atoms with Gasteiger partial charge in [-0.05, 0) is 25.1 Å². The Bertz CT molecular complexity index is 971. The van der Waals surface area contributed by atoms with Gasteiger partial charge in [-0.25, -0.2) is 9.45 Å². The van der Waals surface area contributed by atoms with Crippen molar-refractivity contribution in [2.24, 2.45) is 0 Å². The first-order valence-corrected chi connectivity index (χ1v) is 9.96. The van der Waals surface area contributed by atoms with Gasteiger partial charge in [0.1, 0.15) is 17.6 Å². The lowest BCUT2D eigenvalue weighted by molar-refractivity contribution is -0.159. The van der Waals surface area contributed by atoms with E-state index in [1.54, 1.807) is 9.58 Å². The number of carbonyl (C=O) groups excluding carboxylic acids is 1. The first-order valence-electron chi connectivity index (χ1n) is 9.58. The van der Waals surface area contributed by atoms with Gasteiger partial charge in [0, 0.05) is 37.3 Å². The number of nitrogens with one attached hydrogen (secondary N) is 1. The molecule has 0 fully saturated rings. The highest BCUT2D eigenvalue weighted by Gasteiger charge is 2.37. The predicted octanol–water partition coefficient (Wildman–Crippen LogP) is 1.19. The van der Waals surface area contributed by atoms with Gasteiger partial charge >= 0.3 is 0 Å². The van der Waals surface area contributed by atoms with Gasteiger partial charge in [0.2, 0.25) is 0 Å². The lowest BCUT2D eigenvalue weighted by Gasteiger charge is -2.37. The average molecular weight is 440 g/mol. The first kappa shape index (κ1) is 21.0. The van der Waals surface area contributed by atoms with Crippen molar-refractivity contribution in [3.63, 3.8) is 0 Å². The number of aliphatic hydroxyl groups is 2. The number of aromatic nitrogens is 2. The lowest BCUT2D eigenvalue weighted by Crippen LogP contribution is -2.49. The number of anilines is 1. The number of hydrogen-bond acceptors (Lipinski definition) is 7. The highest BCUT2D eigenvalue weighted by molar-refractivity contribution is 6.31.